The van der Waals surface area contributed by atoms with E-state index in [9.17, 15) is 4.79 Å². The summed E-state index contributed by atoms with van der Waals surface area (Å²) in [5.74, 6) is -2.00. The number of amides is 1. The average molecular weight is 177 g/mol. The highest BCUT2D eigenvalue weighted by Crippen LogP contribution is 2.14. The molecule has 0 radical (unpaired) electrons. The van der Waals surface area contributed by atoms with E-state index in [-0.39, 0.29) is 0 Å². The molecule has 12 heavy (non-hydrogen) atoms. The average Bonchev–Trinajstić information content (AvgIpc) is 2.08. The molecule has 0 spiro atoms. The van der Waals surface area contributed by atoms with Gasteiger partial charge in [0, 0.05) is 35.4 Å². The second-order valence-electron chi connectivity index (χ2n) is 2.37. The second kappa shape index (κ2) is 4.39. The molecule has 0 unspecified atom stereocenters. The van der Waals surface area contributed by atoms with E-state index in [1.54, 1.807) is 14.1 Å². The first kappa shape index (κ1) is 11.4. The summed E-state index contributed by atoms with van der Waals surface area (Å²) in [6.07, 6.45) is 0. The second-order valence-corrected chi connectivity index (χ2v) is 2.37. The van der Waals surface area contributed by atoms with Crippen LogP contribution in [-0.4, -0.2) is 52.2 Å². The van der Waals surface area contributed by atoms with Gasteiger partial charge in [-0.3, -0.25) is 4.79 Å². The quantitative estimate of drug-likeness (QED) is 0.551. The van der Waals surface area contributed by atoms with Crippen LogP contribution in [0.1, 0.15) is 0 Å². The molecule has 0 fully saturated rings. The van der Waals surface area contributed by atoms with Gasteiger partial charge in [-0.25, -0.2) is 0 Å². The topological polar surface area (TPSA) is 48.0 Å². The minimum atomic E-state index is -1.61. The lowest BCUT2D eigenvalue weighted by Crippen LogP contribution is -2.50. The van der Waals surface area contributed by atoms with Gasteiger partial charge in [-0.15, -0.1) is 0 Å². The van der Waals surface area contributed by atoms with E-state index in [1.165, 1.54) is 26.2 Å². The number of rotatable bonds is 4. The summed E-state index contributed by atoms with van der Waals surface area (Å²) in [6.45, 7) is 0. The minimum absolute atomic E-state index is 0.394. The van der Waals surface area contributed by atoms with Crippen molar-refractivity contribution in [3.63, 3.8) is 0 Å². The first-order valence-electron chi connectivity index (χ1n) is 3.41. The zero-order chi connectivity index (χ0) is 9.78. The molecule has 5 heteroatoms. The minimum Gasteiger partial charge on any atom is -0.342 e. The maximum Gasteiger partial charge on any atom is 0.367 e. The SMILES string of the molecule is COC(OC)(OC)C(=O)N(C)C. The normalized spacial score (nSPS) is 11.4. The van der Waals surface area contributed by atoms with Gasteiger partial charge >= 0.3 is 11.9 Å². The largest absolute Gasteiger partial charge is 0.367 e. The third kappa shape index (κ3) is 1.94. The number of nitrogens with zero attached hydrogens (tertiary/aromatic N) is 1. The van der Waals surface area contributed by atoms with Crippen molar-refractivity contribution in [2.24, 2.45) is 0 Å². The summed E-state index contributed by atoms with van der Waals surface area (Å²) < 4.78 is 14.5. The molecular formula is C7H15NO4. The van der Waals surface area contributed by atoms with Crippen LogP contribution in [0.2, 0.25) is 0 Å². The Kier molecular flexibility index (Phi) is 4.16. The van der Waals surface area contributed by atoms with E-state index < -0.39 is 11.9 Å². The molecule has 0 bridgehead atoms. The van der Waals surface area contributed by atoms with Crippen molar-refractivity contribution in [1.29, 1.82) is 0 Å². The predicted octanol–water partition coefficient (Wildman–Crippen LogP) is -0.332. The molecule has 0 atom stereocenters. The van der Waals surface area contributed by atoms with E-state index in [2.05, 4.69) is 0 Å². The molecule has 0 saturated carbocycles. The Labute approximate surface area is 72.2 Å². The summed E-state index contributed by atoms with van der Waals surface area (Å²) in [6, 6.07) is 0. The molecule has 0 aromatic carbocycles. The van der Waals surface area contributed by atoms with Crippen molar-refractivity contribution in [2.75, 3.05) is 35.4 Å². The number of hydrogen-bond donors (Lipinski definition) is 0. The molecule has 0 rings (SSSR count). The van der Waals surface area contributed by atoms with Gasteiger partial charge in [-0.2, -0.15) is 0 Å². The van der Waals surface area contributed by atoms with Gasteiger partial charge in [0.2, 0.25) is 0 Å². The van der Waals surface area contributed by atoms with Crippen molar-refractivity contribution in [3.8, 4) is 0 Å². The van der Waals surface area contributed by atoms with Gasteiger partial charge in [-0.1, -0.05) is 0 Å². The van der Waals surface area contributed by atoms with E-state index >= 15 is 0 Å². The van der Waals surface area contributed by atoms with Crippen LogP contribution in [0, 0.1) is 0 Å². The van der Waals surface area contributed by atoms with Gasteiger partial charge < -0.3 is 19.1 Å². The molecule has 0 aromatic heterocycles. The van der Waals surface area contributed by atoms with Crippen LogP contribution in [0.25, 0.3) is 0 Å². The highest BCUT2D eigenvalue weighted by atomic mass is 16.9. The number of likely N-dealkylation sites (N-methyl/N-ethyl adjacent to an activating group) is 1. The summed E-state index contributed by atoms with van der Waals surface area (Å²) in [7, 11) is 7.21. The molecule has 0 aromatic rings. The van der Waals surface area contributed by atoms with Crippen LogP contribution >= 0.6 is 0 Å². The Morgan fingerprint density at radius 3 is 1.50 bits per heavy atom. The van der Waals surface area contributed by atoms with Crippen molar-refractivity contribution in [3.05, 3.63) is 0 Å². The maximum atomic E-state index is 11.4. The van der Waals surface area contributed by atoms with Crippen LogP contribution in [0.15, 0.2) is 0 Å². The Morgan fingerprint density at radius 1 is 1.08 bits per heavy atom. The van der Waals surface area contributed by atoms with Gasteiger partial charge in [-0.05, 0) is 0 Å². The molecule has 0 saturated heterocycles. The fraction of sp³-hybridized carbons (Fsp3) is 0.857. The summed E-state index contributed by atoms with van der Waals surface area (Å²) >= 11 is 0. The molecule has 0 aliphatic carbocycles. The fourth-order valence-corrected chi connectivity index (χ4v) is 0.786. The first-order chi connectivity index (χ1) is 5.54. The maximum absolute atomic E-state index is 11.4. The number of carbonyl (C=O) groups is 1. The zero-order valence-electron chi connectivity index (χ0n) is 8.08. The van der Waals surface area contributed by atoms with E-state index in [1.807, 2.05) is 0 Å². The van der Waals surface area contributed by atoms with Crippen LogP contribution in [0.4, 0.5) is 0 Å². The third-order valence-electron chi connectivity index (χ3n) is 1.47. The predicted molar refractivity (Wildman–Crippen MR) is 42.5 cm³/mol. The monoisotopic (exact) mass is 177 g/mol. The smallest absolute Gasteiger partial charge is 0.342 e. The highest BCUT2D eigenvalue weighted by Gasteiger charge is 2.40. The van der Waals surface area contributed by atoms with Crippen LogP contribution in [-0.2, 0) is 19.0 Å². The molecule has 0 N–H and O–H groups in total. The van der Waals surface area contributed by atoms with Gasteiger partial charge in [0.15, 0.2) is 0 Å². The van der Waals surface area contributed by atoms with Crippen LogP contribution < -0.4 is 0 Å². The van der Waals surface area contributed by atoms with Crippen molar-refractivity contribution in [1.82, 2.24) is 4.90 Å². The standard InChI is InChI=1S/C7H15NO4/c1-8(2)6(9)7(10-3,11-4)12-5/h1-5H3. The lowest BCUT2D eigenvalue weighted by molar-refractivity contribution is -0.330. The Balaban J connectivity index is 4.59. The molecule has 0 heterocycles. The lowest BCUT2D eigenvalue weighted by atomic mass is 10.4. The Hall–Kier alpha value is -0.650. The Bertz CT molecular complexity index is 145. The number of carbonyl (C=O) groups excluding carboxylic acids is 1. The third-order valence-corrected chi connectivity index (χ3v) is 1.47. The lowest BCUT2D eigenvalue weighted by Gasteiger charge is -2.29. The number of methoxy groups -OCH3 is 3. The summed E-state index contributed by atoms with van der Waals surface area (Å²) in [5.41, 5.74) is 0. The molecule has 72 valence electrons. The van der Waals surface area contributed by atoms with Gasteiger partial charge in [0.05, 0.1) is 0 Å². The van der Waals surface area contributed by atoms with Crippen molar-refractivity contribution in [2.45, 2.75) is 5.97 Å². The molecular weight excluding hydrogens is 162 g/mol. The van der Waals surface area contributed by atoms with E-state index in [0.717, 1.165) is 0 Å². The number of hydrogen-bond acceptors (Lipinski definition) is 4. The van der Waals surface area contributed by atoms with Crippen LogP contribution in [0.5, 0.6) is 0 Å². The molecule has 0 aliphatic heterocycles. The van der Waals surface area contributed by atoms with Crippen molar-refractivity contribution >= 4 is 5.91 Å². The molecule has 1 amide bonds. The molecule has 0 aliphatic rings. The van der Waals surface area contributed by atoms with Gasteiger partial charge in [0.1, 0.15) is 0 Å². The molecule has 5 nitrogen and oxygen atoms in total. The van der Waals surface area contributed by atoms with E-state index in [4.69, 9.17) is 14.2 Å². The highest BCUT2D eigenvalue weighted by molar-refractivity contribution is 5.81. The zero-order valence-corrected chi connectivity index (χ0v) is 8.08. The van der Waals surface area contributed by atoms with E-state index in [0.29, 0.717) is 0 Å². The van der Waals surface area contributed by atoms with Crippen LogP contribution in [0.3, 0.4) is 0 Å². The number of ether oxygens (including phenoxy) is 3. The van der Waals surface area contributed by atoms with Crippen molar-refractivity contribution < 1.29 is 19.0 Å². The Morgan fingerprint density at radius 2 is 1.42 bits per heavy atom. The first-order valence-corrected chi connectivity index (χ1v) is 3.41. The fourth-order valence-electron chi connectivity index (χ4n) is 0.786. The summed E-state index contributed by atoms with van der Waals surface area (Å²) in [4.78, 5) is 12.7. The van der Waals surface area contributed by atoms with Gasteiger partial charge in [0.25, 0.3) is 0 Å². The summed E-state index contributed by atoms with van der Waals surface area (Å²) in [5, 5.41) is 0.